The first-order valence-corrected chi connectivity index (χ1v) is 6.14. The monoisotopic (exact) mass is 296 g/mol. The molecule has 1 atom stereocenters. The lowest BCUT2D eigenvalue weighted by Gasteiger charge is -2.20. The molecule has 1 aromatic carbocycles. The van der Waals surface area contributed by atoms with E-state index in [1.165, 1.54) is 4.90 Å². The minimum Gasteiger partial charge on any atom is -0.324 e. The Morgan fingerprint density at radius 1 is 1.10 bits per heavy atom. The van der Waals surface area contributed by atoms with Crippen LogP contribution in [0.2, 0.25) is 0 Å². The van der Waals surface area contributed by atoms with Crippen molar-refractivity contribution >= 4 is 0 Å². The van der Waals surface area contributed by atoms with Crippen LogP contribution < -0.4 is 5.73 Å². The molecule has 1 rings (SSSR count). The number of rotatable bonds is 6. The van der Waals surface area contributed by atoms with Gasteiger partial charge < -0.3 is 10.6 Å². The van der Waals surface area contributed by atoms with Crippen molar-refractivity contribution in [3.05, 3.63) is 35.4 Å². The molecule has 0 radical (unpaired) electrons. The SMILES string of the molecule is CN(CCC(N)c1cc(F)cc(F)c1)CCC(F)(F)F. The van der Waals surface area contributed by atoms with Crippen molar-refractivity contribution in [2.45, 2.75) is 25.1 Å². The first-order chi connectivity index (χ1) is 9.17. The molecule has 0 aliphatic rings. The van der Waals surface area contributed by atoms with Crippen LogP contribution in [-0.2, 0) is 0 Å². The summed E-state index contributed by atoms with van der Waals surface area (Å²) >= 11 is 0. The zero-order valence-electron chi connectivity index (χ0n) is 11.1. The molecule has 0 heterocycles. The van der Waals surface area contributed by atoms with Gasteiger partial charge in [-0.25, -0.2) is 8.78 Å². The van der Waals surface area contributed by atoms with Gasteiger partial charge >= 0.3 is 6.18 Å². The van der Waals surface area contributed by atoms with Gasteiger partial charge in [-0.05, 0) is 37.7 Å². The Hall–Kier alpha value is -1.21. The fraction of sp³-hybridized carbons (Fsp3) is 0.538. The lowest BCUT2D eigenvalue weighted by Crippen LogP contribution is -2.27. The molecule has 0 aliphatic heterocycles. The Morgan fingerprint density at radius 2 is 1.65 bits per heavy atom. The molecule has 2 nitrogen and oxygen atoms in total. The van der Waals surface area contributed by atoms with Gasteiger partial charge in [-0.1, -0.05) is 0 Å². The van der Waals surface area contributed by atoms with Crippen molar-refractivity contribution < 1.29 is 22.0 Å². The summed E-state index contributed by atoms with van der Waals surface area (Å²) in [6.45, 7) is 0.184. The second-order valence-corrected chi connectivity index (χ2v) is 4.77. The van der Waals surface area contributed by atoms with E-state index in [2.05, 4.69) is 0 Å². The molecule has 0 saturated carbocycles. The first kappa shape index (κ1) is 16.8. The van der Waals surface area contributed by atoms with Crippen molar-refractivity contribution in [3.8, 4) is 0 Å². The lowest BCUT2D eigenvalue weighted by molar-refractivity contribution is -0.137. The number of nitrogens with two attached hydrogens (primary N) is 1. The Morgan fingerprint density at radius 3 is 2.15 bits per heavy atom. The molecule has 0 spiro atoms. The summed E-state index contributed by atoms with van der Waals surface area (Å²) in [5.74, 6) is -1.44. The fourth-order valence-electron chi connectivity index (χ4n) is 1.74. The van der Waals surface area contributed by atoms with Gasteiger partial charge in [-0.3, -0.25) is 0 Å². The third-order valence-electron chi connectivity index (χ3n) is 2.91. The molecule has 1 unspecified atom stereocenters. The van der Waals surface area contributed by atoms with E-state index >= 15 is 0 Å². The number of nitrogens with zero attached hydrogens (tertiary/aromatic N) is 1. The minimum atomic E-state index is -4.19. The normalized spacial score (nSPS) is 13.8. The van der Waals surface area contributed by atoms with E-state index in [0.717, 1.165) is 18.2 Å². The number of hydrogen-bond donors (Lipinski definition) is 1. The first-order valence-electron chi connectivity index (χ1n) is 6.14. The predicted molar refractivity (Wildman–Crippen MR) is 66.1 cm³/mol. The van der Waals surface area contributed by atoms with E-state index in [1.807, 2.05) is 0 Å². The van der Waals surface area contributed by atoms with Crippen LogP contribution in [0.25, 0.3) is 0 Å². The Kier molecular flexibility index (Phi) is 5.88. The molecule has 0 fully saturated rings. The highest BCUT2D eigenvalue weighted by Gasteiger charge is 2.27. The van der Waals surface area contributed by atoms with E-state index in [1.54, 1.807) is 7.05 Å². The van der Waals surface area contributed by atoms with E-state index in [-0.39, 0.29) is 6.54 Å². The quantitative estimate of drug-likeness (QED) is 0.817. The highest BCUT2D eigenvalue weighted by Crippen LogP contribution is 2.20. The average Bonchev–Trinajstić information content (AvgIpc) is 2.31. The Bertz CT molecular complexity index is 413. The van der Waals surface area contributed by atoms with Crippen LogP contribution in [0.4, 0.5) is 22.0 Å². The van der Waals surface area contributed by atoms with Gasteiger partial charge in [0.05, 0.1) is 6.42 Å². The van der Waals surface area contributed by atoms with Gasteiger partial charge in [0.15, 0.2) is 0 Å². The standard InChI is InChI=1S/C13H17F5N2/c1-20(5-3-13(16,17)18)4-2-12(19)9-6-10(14)8-11(15)7-9/h6-8,12H,2-5,19H2,1H3. The second kappa shape index (κ2) is 6.99. The van der Waals surface area contributed by atoms with Crippen LogP contribution in [-0.4, -0.2) is 31.2 Å². The van der Waals surface area contributed by atoms with Crippen LogP contribution in [0.15, 0.2) is 18.2 Å². The zero-order chi connectivity index (χ0) is 15.3. The largest absolute Gasteiger partial charge is 0.390 e. The average molecular weight is 296 g/mol. The summed E-state index contributed by atoms with van der Waals surface area (Å²) in [6.07, 6.45) is -4.77. The molecule has 0 bridgehead atoms. The van der Waals surface area contributed by atoms with Crippen molar-refractivity contribution in [3.63, 3.8) is 0 Å². The van der Waals surface area contributed by atoms with E-state index in [0.29, 0.717) is 18.5 Å². The summed E-state index contributed by atoms with van der Waals surface area (Å²) < 4.78 is 62.1. The van der Waals surface area contributed by atoms with Crippen molar-refractivity contribution in [1.29, 1.82) is 0 Å². The van der Waals surface area contributed by atoms with Gasteiger partial charge in [0, 0.05) is 18.7 Å². The molecule has 2 N–H and O–H groups in total. The van der Waals surface area contributed by atoms with E-state index in [9.17, 15) is 22.0 Å². The Balaban J connectivity index is 2.44. The lowest BCUT2D eigenvalue weighted by atomic mass is 10.0. The summed E-state index contributed by atoms with van der Waals surface area (Å²) in [6, 6.07) is 2.38. The summed E-state index contributed by atoms with van der Waals surface area (Å²) in [5, 5.41) is 0. The second-order valence-electron chi connectivity index (χ2n) is 4.77. The summed E-state index contributed by atoms with van der Waals surface area (Å²) in [5.41, 5.74) is 6.08. The van der Waals surface area contributed by atoms with Crippen molar-refractivity contribution in [2.75, 3.05) is 20.1 Å². The van der Waals surface area contributed by atoms with E-state index in [4.69, 9.17) is 5.73 Å². The highest BCUT2D eigenvalue weighted by molar-refractivity contribution is 5.21. The fourth-order valence-corrected chi connectivity index (χ4v) is 1.74. The molecule has 7 heteroatoms. The predicted octanol–water partition coefficient (Wildman–Crippen LogP) is 3.24. The minimum absolute atomic E-state index is 0.131. The van der Waals surface area contributed by atoms with Crippen LogP contribution >= 0.6 is 0 Å². The maximum absolute atomic E-state index is 13.0. The number of halogens is 5. The number of benzene rings is 1. The van der Waals surface area contributed by atoms with Crippen molar-refractivity contribution in [1.82, 2.24) is 4.90 Å². The molecule has 0 saturated heterocycles. The number of hydrogen-bond acceptors (Lipinski definition) is 2. The van der Waals surface area contributed by atoms with Crippen LogP contribution in [0.5, 0.6) is 0 Å². The molecular weight excluding hydrogens is 279 g/mol. The number of alkyl halides is 3. The van der Waals surface area contributed by atoms with Gasteiger partial charge in [0.2, 0.25) is 0 Å². The molecule has 0 aromatic heterocycles. The van der Waals surface area contributed by atoms with Crippen molar-refractivity contribution in [2.24, 2.45) is 5.73 Å². The van der Waals surface area contributed by atoms with Crippen LogP contribution in [0, 0.1) is 11.6 Å². The molecule has 114 valence electrons. The van der Waals surface area contributed by atoms with Crippen LogP contribution in [0.3, 0.4) is 0 Å². The molecule has 20 heavy (non-hydrogen) atoms. The summed E-state index contributed by atoms with van der Waals surface area (Å²) in [7, 11) is 1.55. The van der Waals surface area contributed by atoms with Gasteiger partial charge in [-0.2, -0.15) is 13.2 Å². The molecular formula is C13H17F5N2. The molecule has 0 amide bonds. The third kappa shape index (κ3) is 6.29. The topological polar surface area (TPSA) is 29.3 Å². The smallest absolute Gasteiger partial charge is 0.324 e. The van der Waals surface area contributed by atoms with Crippen LogP contribution in [0.1, 0.15) is 24.4 Å². The third-order valence-corrected chi connectivity index (χ3v) is 2.91. The Labute approximate surface area is 114 Å². The maximum Gasteiger partial charge on any atom is 0.390 e. The maximum atomic E-state index is 13.0. The highest BCUT2D eigenvalue weighted by atomic mass is 19.4. The zero-order valence-corrected chi connectivity index (χ0v) is 11.1. The van der Waals surface area contributed by atoms with Gasteiger partial charge in [0.1, 0.15) is 11.6 Å². The van der Waals surface area contributed by atoms with E-state index < -0.39 is 30.3 Å². The summed E-state index contributed by atoms with van der Waals surface area (Å²) in [4.78, 5) is 1.49. The molecule has 0 aliphatic carbocycles. The molecule has 1 aromatic rings. The van der Waals surface area contributed by atoms with Gasteiger partial charge in [-0.15, -0.1) is 0 Å². The van der Waals surface area contributed by atoms with Gasteiger partial charge in [0.25, 0.3) is 0 Å².